The summed E-state index contributed by atoms with van der Waals surface area (Å²) in [6.07, 6.45) is 4.66. The van der Waals surface area contributed by atoms with Crippen molar-refractivity contribution < 1.29 is 4.79 Å². The van der Waals surface area contributed by atoms with Gasteiger partial charge in [0.25, 0.3) is 5.91 Å². The van der Waals surface area contributed by atoms with Gasteiger partial charge in [-0.25, -0.2) is 0 Å². The minimum absolute atomic E-state index is 0.0899. The molecule has 19 heavy (non-hydrogen) atoms. The standard InChI is InChI=1S/C16H22N2O/c1-11-3-2-4-15(11)18-16(19)13-6-5-12-7-8-17-10-14(12)9-13/h5-6,9,11,15,17H,2-4,7-8,10H2,1H3,(H,18,19). The van der Waals surface area contributed by atoms with Crippen LogP contribution in [0.2, 0.25) is 0 Å². The van der Waals surface area contributed by atoms with Crippen LogP contribution in [0.3, 0.4) is 0 Å². The van der Waals surface area contributed by atoms with E-state index in [1.807, 2.05) is 6.07 Å². The molecule has 1 aromatic rings. The van der Waals surface area contributed by atoms with Gasteiger partial charge in [0.05, 0.1) is 0 Å². The van der Waals surface area contributed by atoms with Crippen LogP contribution < -0.4 is 10.6 Å². The Morgan fingerprint density at radius 2 is 2.21 bits per heavy atom. The second-order valence-electron chi connectivity index (χ2n) is 5.90. The van der Waals surface area contributed by atoms with E-state index < -0.39 is 0 Å². The Morgan fingerprint density at radius 1 is 1.32 bits per heavy atom. The summed E-state index contributed by atoms with van der Waals surface area (Å²) in [6.45, 7) is 4.16. The Balaban J connectivity index is 1.72. The molecule has 1 aliphatic carbocycles. The minimum Gasteiger partial charge on any atom is -0.349 e. The van der Waals surface area contributed by atoms with Crippen molar-refractivity contribution in [1.82, 2.24) is 10.6 Å². The van der Waals surface area contributed by atoms with Crippen LogP contribution in [0, 0.1) is 5.92 Å². The van der Waals surface area contributed by atoms with Gasteiger partial charge in [0.1, 0.15) is 0 Å². The molecule has 3 nitrogen and oxygen atoms in total. The molecule has 0 saturated heterocycles. The van der Waals surface area contributed by atoms with E-state index in [1.165, 1.54) is 24.0 Å². The van der Waals surface area contributed by atoms with Crippen molar-refractivity contribution in [2.75, 3.05) is 6.54 Å². The molecular weight excluding hydrogens is 236 g/mol. The molecule has 1 amide bonds. The van der Waals surface area contributed by atoms with E-state index in [2.05, 4.69) is 29.7 Å². The smallest absolute Gasteiger partial charge is 0.251 e. The van der Waals surface area contributed by atoms with Gasteiger partial charge < -0.3 is 10.6 Å². The first-order valence-electron chi connectivity index (χ1n) is 7.37. The van der Waals surface area contributed by atoms with Crippen molar-refractivity contribution >= 4 is 5.91 Å². The number of benzene rings is 1. The monoisotopic (exact) mass is 258 g/mol. The molecule has 0 bridgehead atoms. The van der Waals surface area contributed by atoms with Crippen LogP contribution in [-0.2, 0) is 13.0 Å². The molecule has 2 atom stereocenters. The Kier molecular flexibility index (Phi) is 3.56. The molecule has 1 aliphatic heterocycles. The van der Waals surface area contributed by atoms with Gasteiger partial charge in [-0.3, -0.25) is 4.79 Å². The highest BCUT2D eigenvalue weighted by atomic mass is 16.1. The largest absolute Gasteiger partial charge is 0.349 e. The molecule has 3 rings (SSSR count). The fourth-order valence-electron chi connectivity index (χ4n) is 3.23. The van der Waals surface area contributed by atoms with Gasteiger partial charge in [0.15, 0.2) is 0 Å². The van der Waals surface area contributed by atoms with Crippen molar-refractivity contribution in [2.45, 2.75) is 45.2 Å². The molecular formula is C16H22N2O. The highest BCUT2D eigenvalue weighted by Gasteiger charge is 2.25. The third kappa shape index (κ3) is 2.66. The maximum atomic E-state index is 12.3. The zero-order valence-electron chi connectivity index (χ0n) is 11.5. The van der Waals surface area contributed by atoms with Crippen molar-refractivity contribution in [3.63, 3.8) is 0 Å². The Labute approximate surface area is 114 Å². The molecule has 3 heteroatoms. The average molecular weight is 258 g/mol. The lowest BCUT2D eigenvalue weighted by Gasteiger charge is -2.20. The molecule has 0 aromatic heterocycles. The van der Waals surface area contributed by atoms with E-state index >= 15 is 0 Å². The summed E-state index contributed by atoms with van der Waals surface area (Å²) in [6, 6.07) is 6.50. The van der Waals surface area contributed by atoms with E-state index in [1.54, 1.807) is 0 Å². The van der Waals surface area contributed by atoms with Crippen molar-refractivity contribution in [2.24, 2.45) is 5.92 Å². The second kappa shape index (κ2) is 5.33. The third-order valence-corrected chi connectivity index (χ3v) is 4.53. The number of amides is 1. The predicted molar refractivity (Wildman–Crippen MR) is 76.1 cm³/mol. The van der Waals surface area contributed by atoms with Gasteiger partial charge in [-0.2, -0.15) is 0 Å². The SMILES string of the molecule is CC1CCCC1NC(=O)c1ccc2c(c1)CNCC2. The number of rotatable bonds is 2. The number of nitrogens with one attached hydrogen (secondary N) is 2. The first-order chi connectivity index (χ1) is 9.24. The van der Waals surface area contributed by atoms with Crippen molar-refractivity contribution in [3.05, 3.63) is 34.9 Å². The van der Waals surface area contributed by atoms with E-state index in [-0.39, 0.29) is 5.91 Å². The summed E-state index contributed by atoms with van der Waals surface area (Å²) >= 11 is 0. The topological polar surface area (TPSA) is 41.1 Å². The lowest BCUT2D eigenvalue weighted by atomic mass is 9.98. The first kappa shape index (κ1) is 12.7. The minimum atomic E-state index is 0.0899. The Bertz CT molecular complexity index is 484. The lowest BCUT2D eigenvalue weighted by Crippen LogP contribution is -2.36. The van der Waals surface area contributed by atoms with Gasteiger partial charge in [0.2, 0.25) is 0 Å². The van der Waals surface area contributed by atoms with Crippen LogP contribution in [0.5, 0.6) is 0 Å². The molecule has 102 valence electrons. The van der Waals surface area contributed by atoms with Crippen LogP contribution in [0.4, 0.5) is 0 Å². The number of hydrogen-bond acceptors (Lipinski definition) is 2. The van der Waals surface area contributed by atoms with E-state index in [0.29, 0.717) is 12.0 Å². The average Bonchev–Trinajstić information content (AvgIpc) is 2.84. The van der Waals surface area contributed by atoms with Gasteiger partial charge in [-0.1, -0.05) is 19.4 Å². The van der Waals surface area contributed by atoms with E-state index in [4.69, 9.17) is 0 Å². The van der Waals surface area contributed by atoms with Crippen LogP contribution in [-0.4, -0.2) is 18.5 Å². The molecule has 2 N–H and O–H groups in total. The summed E-state index contributed by atoms with van der Waals surface area (Å²) in [5.41, 5.74) is 3.46. The number of carbonyl (C=O) groups excluding carboxylic acids is 1. The number of carbonyl (C=O) groups is 1. The fourth-order valence-corrected chi connectivity index (χ4v) is 3.23. The van der Waals surface area contributed by atoms with Gasteiger partial charge in [-0.15, -0.1) is 0 Å². The highest BCUT2D eigenvalue weighted by molar-refractivity contribution is 5.94. The zero-order chi connectivity index (χ0) is 13.2. The number of fused-ring (bicyclic) bond motifs is 1. The van der Waals surface area contributed by atoms with Gasteiger partial charge >= 0.3 is 0 Å². The zero-order valence-corrected chi connectivity index (χ0v) is 11.5. The van der Waals surface area contributed by atoms with Gasteiger partial charge in [0, 0.05) is 18.2 Å². The maximum Gasteiger partial charge on any atom is 0.251 e. The van der Waals surface area contributed by atoms with Crippen molar-refractivity contribution in [3.8, 4) is 0 Å². The van der Waals surface area contributed by atoms with Crippen LogP contribution in [0.1, 0.15) is 47.7 Å². The van der Waals surface area contributed by atoms with Crippen molar-refractivity contribution in [1.29, 1.82) is 0 Å². The predicted octanol–water partition coefficient (Wildman–Crippen LogP) is 2.25. The molecule has 0 spiro atoms. The molecule has 2 aliphatic rings. The molecule has 1 heterocycles. The van der Waals surface area contributed by atoms with Crippen LogP contribution >= 0.6 is 0 Å². The molecule has 1 saturated carbocycles. The van der Waals surface area contributed by atoms with Crippen LogP contribution in [0.25, 0.3) is 0 Å². The fraction of sp³-hybridized carbons (Fsp3) is 0.562. The van der Waals surface area contributed by atoms with E-state index in [9.17, 15) is 4.79 Å². The third-order valence-electron chi connectivity index (χ3n) is 4.53. The second-order valence-corrected chi connectivity index (χ2v) is 5.90. The highest BCUT2D eigenvalue weighted by Crippen LogP contribution is 2.25. The summed E-state index contributed by atoms with van der Waals surface area (Å²) in [7, 11) is 0. The Hall–Kier alpha value is -1.35. The molecule has 1 aromatic carbocycles. The summed E-state index contributed by atoms with van der Waals surface area (Å²) in [5.74, 6) is 0.704. The van der Waals surface area contributed by atoms with E-state index in [0.717, 1.165) is 31.5 Å². The quantitative estimate of drug-likeness (QED) is 0.854. The summed E-state index contributed by atoms with van der Waals surface area (Å²) in [4.78, 5) is 12.3. The number of hydrogen-bond donors (Lipinski definition) is 2. The Morgan fingerprint density at radius 3 is 3.00 bits per heavy atom. The normalized spacial score (nSPS) is 25.9. The van der Waals surface area contributed by atoms with Crippen LogP contribution in [0.15, 0.2) is 18.2 Å². The van der Waals surface area contributed by atoms with Gasteiger partial charge in [-0.05, 0) is 55.0 Å². The lowest BCUT2D eigenvalue weighted by molar-refractivity contribution is 0.0929. The summed E-state index contributed by atoms with van der Waals surface area (Å²) < 4.78 is 0. The molecule has 0 radical (unpaired) electrons. The molecule has 1 fully saturated rings. The summed E-state index contributed by atoms with van der Waals surface area (Å²) in [5, 5.41) is 6.55. The molecule has 2 unspecified atom stereocenters. The maximum absolute atomic E-state index is 12.3. The first-order valence-corrected chi connectivity index (χ1v) is 7.37.